The Hall–Kier alpha value is -2.21. The number of anilines is 2. The van der Waals surface area contributed by atoms with Crippen molar-refractivity contribution in [2.24, 2.45) is 0 Å². The fourth-order valence-corrected chi connectivity index (χ4v) is 3.41. The molecule has 0 saturated heterocycles. The van der Waals surface area contributed by atoms with Gasteiger partial charge < -0.3 is 10.0 Å². The summed E-state index contributed by atoms with van der Waals surface area (Å²) in [5.41, 5.74) is 2.61. The summed E-state index contributed by atoms with van der Waals surface area (Å²) in [6.45, 7) is 0. The number of amides is 1. The third-order valence-electron chi connectivity index (χ3n) is 3.51. The van der Waals surface area contributed by atoms with Gasteiger partial charge in [-0.2, -0.15) is 0 Å². The summed E-state index contributed by atoms with van der Waals surface area (Å²) in [4.78, 5) is 13.1. The smallest absolute Gasteiger partial charge is 0.248 e. The van der Waals surface area contributed by atoms with Gasteiger partial charge in [0, 0.05) is 31.8 Å². The number of hydrogen-bond acceptors (Lipinski definition) is 3. The van der Waals surface area contributed by atoms with Crippen molar-refractivity contribution in [3.8, 4) is 0 Å². The summed E-state index contributed by atoms with van der Waals surface area (Å²) in [7, 11) is 0. The zero-order valence-electron chi connectivity index (χ0n) is 14.2. The lowest BCUT2D eigenvalue weighted by Gasteiger charge is -2.08. The van der Waals surface area contributed by atoms with Crippen molar-refractivity contribution in [2.75, 3.05) is 10.0 Å². The summed E-state index contributed by atoms with van der Waals surface area (Å²) < 4.78 is 4.31. The molecule has 0 atom stereocenters. The second-order valence-corrected chi connectivity index (χ2v) is 7.85. The van der Waals surface area contributed by atoms with Gasteiger partial charge in [0.1, 0.15) is 0 Å². The molecule has 2 N–H and O–H groups in total. The monoisotopic (exact) mass is 458 g/mol. The van der Waals surface area contributed by atoms with Crippen LogP contribution in [0.4, 0.5) is 11.4 Å². The van der Waals surface area contributed by atoms with Crippen molar-refractivity contribution in [1.29, 1.82) is 0 Å². The molecule has 0 radical (unpaired) electrons. The fraction of sp³-hybridized carbons (Fsp3) is 0. The second kappa shape index (κ2) is 9.65. The minimum Gasteiger partial charge on any atom is -0.326 e. The Morgan fingerprint density at radius 2 is 1.74 bits per heavy atom. The quantitative estimate of drug-likeness (QED) is 0.312. The Balaban J connectivity index is 1.58. The van der Waals surface area contributed by atoms with Gasteiger partial charge in [-0.3, -0.25) is 4.79 Å². The van der Waals surface area contributed by atoms with Crippen LogP contribution in [-0.2, 0) is 4.79 Å². The minimum atomic E-state index is -0.196. The van der Waals surface area contributed by atoms with E-state index >= 15 is 0 Å². The highest BCUT2D eigenvalue weighted by Crippen LogP contribution is 2.24. The van der Waals surface area contributed by atoms with Crippen LogP contribution < -0.4 is 10.0 Å². The number of carbonyl (C=O) groups excluding carboxylic acids is 1. The van der Waals surface area contributed by atoms with E-state index in [4.69, 9.17) is 11.6 Å². The topological polar surface area (TPSA) is 41.1 Å². The molecule has 6 heteroatoms. The normalized spacial score (nSPS) is 10.7. The first-order chi connectivity index (χ1) is 13.1. The van der Waals surface area contributed by atoms with E-state index < -0.39 is 0 Å². The van der Waals surface area contributed by atoms with Gasteiger partial charge in [0.15, 0.2) is 0 Å². The molecular weight excluding hydrogens is 444 g/mol. The van der Waals surface area contributed by atoms with Crippen molar-refractivity contribution < 1.29 is 4.79 Å². The zero-order chi connectivity index (χ0) is 19.1. The number of rotatable bonds is 6. The minimum absolute atomic E-state index is 0.196. The van der Waals surface area contributed by atoms with Gasteiger partial charge in [-0.05, 0) is 78.2 Å². The van der Waals surface area contributed by atoms with Crippen LogP contribution in [0.25, 0.3) is 6.08 Å². The van der Waals surface area contributed by atoms with E-state index in [-0.39, 0.29) is 5.91 Å². The van der Waals surface area contributed by atoms with Crippen LogP contribution in [-0.4, -0.2) is 5.91 Å². The highest BCUT2D eigenvalue weighted by atomic mass is 79.9. The number of hydrogen-bond donors (Lipinski definition) is 2. The van der Waals surface area contributed by atoms with Crippen LogP contribution in [0.15, 0.2) is 88.2 Å². The maximum atomic E-state index is 12.1. The Morgan fingerprint density at radius 3 is 2.52 bits per heavy atom. The largest absolute Gasteiger partial charge is 0.326 e. The van der Waals surface area contributed by atoms with E-state index in [0.29, 0.717) is 5.02 Å². The highest BCUT2D eigenvalue weighted by molar-refractivity contribution is 9.10. The lowest BCUT2D eigenvalue weighted by molar-refractivity contribution is -0.111. The standard InChI is InChI=1S/C21H16BrClN2OS/c22-16-8-10-18(11-9-16)25-27-20-6-2-5-19(14-20)24-21(26)12-7-15-3-1-4-17(23)13-15/h1-14,25H,(H,24,26)/b12-7+. The third kappa shape index (κ3) is 6.47. The first-order valence-electron chi connectivity index (χ1n) is 8.12. The molecule has 0 saturated carbocycles. The van der Waals surface area contributed by atoms with Crippen LogP contribution in [0.5, 0.6) is 0 Å². The first kappa shape index (κ1) is 19.5. The summed E-state index contributed by atoms with van der Waals surface area (Å²) in [5, 5.41) is 3.51. The molecule has 136 valence electrons. The average Bonchev–Trinajstić information content (AvgIpc) is 2.66. The average molecular weight is 460 g/mol. The molecule has 0 aromatic heterocycles. The van der Waals surface area contributed by atoms with Gasteiger partial charge in [0.05, 0.1) is 0 Å². The van der Waals surface area contributed by atoms with Gasteiger partial charge in [0.2, 0.25) is 5.91 Å². The van der Waals surface area contributed by atoms with Crippen LogP contribution >= 0.6 is 39.5 Å². The van der Waals surface area contributed by atoms with Gasteiger partial charge in [0.25, 0.3) is 0 Å². The van der Waals surface area contributed by atoms with E-state index in [1.54, 1.807) is 18.2 Å². The van der Waals surface area contributed by atoms with Crippen LogP contribution in [0.2, 0.25) is 5.02 Å². The Bertz CT molecular complexity index is 960. The molecule has 27 heavy (non-hydrogen) atoms. The lowest BCUT2D eigenvalue weighted by Crippen LogP contribution is -2.07. The Labute approximate surface area is 176 Å². The molecule has 0 aliphatic heterocycles. The van der Waals surface area contributed by atoms with Crippen molar-refractivity contribution in [2.45, 2.75) is 4.90 Å². The van der Waals surface area contributed by atoms with E-state index in [2.05, 4.69) is 26.0 Å². The van der Waals surface area contributed by atoms with Crippen LogP contribution in [0.3, 0.4) is 0 Å². The van der Waals surface area contributed by atoms with Gasteiger partial charge in [-0.25, -0.2) is 0 Å². The van der Waals surface area contributed by atoms with Crippen molar-refractivity contribution in [1.82, 2.24) is 0 Å². The first-order valence-corrected chi connectivity index (χ1v) is 10.1. The number of carbonyl (C=O) groups is 1. The molecule has 0 bridgehead atoms. The van der Waals surface area contributed by atoms with E-state index in [0.717, 1.165) is 26.3 Å². The molecular formula is C21H16BrClN2OS. The predicted octanol–water partition coefficient (Wildman–Crippen LogP) is 6.87. The van der Waals surface area contributed by atoms with E-state index in [9.17, 15) is 4.79 Å². The van der Waals surface area contributed by atoms with E-state index in [1.165, 1.54) is 18.0 Å². The number of halogens is 2. The summed E-state index contributed by atoms with van der Waals surface area (Å²) >= 11 is 10.8. The predicted molar refractivity (Wildman–Crippen MR) is 119 cm³/mol. The van der Waals surface area contributed by atoms with Gasteiger partial charge in [-0.1, -0.05) is 45.7 Å². The zero-order valence-corrected chi connectivity index (χ0v) is 17.3. The third-order valence-corrected chi connectivity index (χ3v) is 5.10. The summed E-state index contributed by atoms with van der Waals surface area (Å²) in [6.07, 6.45) is 3.22. The summed E-state index contributed by atoms with van der Waals surface area (Å²) in [6, 6.07) is 22.9. The summed E-state index contributed by atoms with van der Waals surface area (Å²) in [5.74, 6) is -0.196. The Morgan fingerprint density at radius 1 is 0.963 bits per heavy atom. The SMILES string of the molecule is O=C(/C=C/c1cccc(Cl)c1)Nc1cccc(SNc2ccc(Br)cc2)c1. The van der Waals surface area contributed by atoms with Crippen LogP contribution in [0.1, 0.15) is 5.56 Å². The Kier molecular flexibility index (Phi) is 6.98. The van der Waals surface area contributed by atoms with Crippen molar-refractivity contribution in [3.05, 3.63) is 93.9 Å². The van der Waals surface area contributed by atoms with Crippen molar-refractivity contribution in [3.63, 3.8) is 0 Å². The molecule has 0 aliphatic carbocycles. The fourth-order valence-electron chi connectivity index (χ4n) is 2.24. The molecule has 3 aromatic carbocycles. The molecule has 1 amide bonds. The maximum absolute atomic E-state index is 12.1. The maximum Gasteiger partial charge on any atom is 0.248 e. The second-order valence-electron chi connectivity index (χ2n) is 5.62. The molecule has 3 rings (SSSR count). The van der Waals surface area contributed by atoms with Crippen molar-refractivity contribution >= 4 is 62.8 Å². The number of benzene rings is 3. The molecule has 0 heterocycles. The van der Waals surface area contributed by atoms with E-state index in [1.807, 2.05) is 60.7 Å². The molecule has 0 unspecified atom stereocenters. The molecule has 0 aliphatic rings. The highest BCUT2D eigenvalue weighted by Gasteiger charge is 2.01. The number of nitrogens with one attached hydrogen (secondary N) is 2. The lowest BCUT2D eigenvalue weighted by atomic mass is 10.2. The molecule has 3 aromatic rings. The van der Waals surface area contributed by atoms with Gasteiger partial charge >= 0.3 is 0 Å². The van der Waals surface area contributed by atoms with Gasteiger partial charge in [-0.15, -0.1) is 0 Å². The molecule has 3 nitrogen and oxygen atoms in total. The van der Waals surface area contributed by atoms with Crippen LogP contribution in [0, 0.1) is 0 Å². The molecule has 0 spiro atoms. The molecule has 0 fully saturated rings.